The lowest BCUT2D eigenvalue weighted by Crippen LogP contribution is -2.29. The zero-order chi connectivity index (χ0) is 16.1. The van der Waals surface area contributed by atoms with Crippen LogP contribution in [0.4, 0.5) is 5.13 Å². The van der Waals surface area contributed by atoms with E-state index in [9.17, 15) is 9.59 Å². The summed E-state index contributed by atoms with van der Waals surface area (Å²) in [7, 11) is 0. The van der Waals surface area contributed by atoms with Crippen molar-refractivity contribution in [2.45, 2.75) is 13.8 Å². The van der Waals surface area contributed by atoms with Gasteiger partial charge in [0.05, 0.1) is 12.3 Å². The fraction of sp³-hybridized carbons (Fsp3) is 0.214. The van der Waals surface area contributed by atoms with Crippen LogP contribution in [0.15, 0.2) is 24.3 Å². The number of thiazole rings is 1. The summed E-state index contributed by atoms with van der Waals surface area (Å²) in [5.41, 5.74) is 6.20. The molecule has 1 heterocycles. The molecule has 1 amide bonds. The van der Waals surface area contributed by atoms with Gasteiger partial charge in [-0.05, 0) is 38.1 Å². The second-order valence-electron chi connectivity index (χ2n) is 4.24. The van der Waals surface area contributed by atoms with Gasteiger partial charge in [-0.2, -0.15) is 0 Å². The van der Waals surface area contributed by atoms with Crippen molar-refractivity contribution < 1.29 is 14.3 Å². The second-order valence-corrected chi connectivity index (χ2v) is 5.68. The Morgan fingerprint density at radius 2 is 2.00 bits per heavy atom. The van der Waals surface area contributed by atoms with E-state index in [-0.39, 0.29) is 5.91 Å². The van der Waals surface area contributed by atoms with Crippen LogP contribution in [-0.2, 0) is 4.74 Å². The average molecular weight is 340 g/mol. The molecule has 22 heavy (non-hydrogen) atoms. The molecule has 1 aromatic heterocycles. The number of halogens is 1. The summed E-state index contributed by atoms with van der Waals surface area (Å²) in [4.78, 5) is 28.2. The molecule has 116 valence electrons. The Bertz CT molecular complexity index is 685. The number of aromatic nitrogens is 1. The number of aryl methyl sites for hydroxylation is 1. The predicted octanol–water partition coefficient (Wildman–Crippen LogP) is 3.04. The van der Waals surface area contributed by atoms with Gasteiger partial charge < -0.3 is 4.74 Å². The number of anilines is 1. The molecule has 2 rings (SSSR count). The first-order chi connectivity index (χ1) is 10.5. The van der Waals surface area contributed by atoms with Crippen LogP contribution in [0.3, 0.4) is 0 Å². The molecule has 6 nitrogen and oxygen atoms in total. The van der Waals surface area contributed by atoms with Gasteiger partial charge in [0.2, 0.25) is 5.13 Å². The summed E-state index contributed by atoms with van der Waals surface area (Å²) >= 11 is 6.88. The van der Waals surface area contributed by atoms with E-state index in [2.05, 4.69) is 15.8 Å². The number of carbonyl (C=O) groups is 2. The van der Waals surface area contributed by atoms with E-state index in [0.717, 1.165) is 11.3 Å². The van der Waals surface area contributed by atoms with Gasteiger partial charge in [0.15, 0.2) is 0 Å². The van der Waals surface area contributed by atoms with Gasteiger partial charge in [-0.15, -0.1) is 0 Å². The summed E-state index contributed by atoms with van der Waals surface area (Å²) < 4.78 is 4.93. The first-order valence-corrected chi connectivity index (χ1v) is 7.67. The largest absolute Gasteiger partial charge is 0.462 e. The van der Waals surface area contributed by atoms with Gasteiger partial charge in [-0.1, -0.05) is 22.9 Å². The van der Waals surface area contributed by atoms with Crippen LogP contribution in [0.2, 0.25) is 5.02 Å². The highest BCUT2D eigenvalue weighted by Crippen LogP contribution is 2.22. The molecule has 2 aromatic rings. The Morgan fingerprint density at radius 3 is 2.64 bits per heavy atom. The molecule has 1 aromatic carbocycles. The quantitative estimate of drug-likeness (QED) is 0.646. The van der Waals surface area contributed by atoms with E-state index in [1.165, 1.54) is 0 Å². The molecule has 0 atom stereocenters. The number of amides is 1. The van der Waals surface area contributed by atoms with Gasteiger partial charge in [0, 0.05) is 10.6 Å². The maximum atomic E-state index is 11.9. The second kappa shape index (κ2) is 7.24. The van der Waals surface area contributed by atoms with Gasteiger partial charge in [-0.3, -0.25) is 15.6 Å². The molecule has 0 aliphatic rings. The molecule has 0 aliphatic heterocycles. The summed E-state index contributed by atoms with van der Waals surface area (Å²) in [6.45, 7) is 3.74. The monoisotopic (exact) mass is 339 g/mol. The van der Waals surface area contributed by atoms with Crippen molar-refractivity contribution in [2.75, 3.05) is 12.0 Å². The highest BCUT2D eigenvalue weighted by atomic mass is 35.5. The summed E-state index contributed by atoms with van der Waals surface area (Å²) in [6.07, 6.45) is 0. The first-order valence-electron chi connectivity index (χ1n) is 6.47. The Hall–Kier alpha value is -2.12. The minimum atomic E-state index is -0.422. The van der Waals surface area contributed by atoms with Crippen LogP contribution in [0.1, 0.15) is 32.6 Å². The number of hydrogen-bond acceptors (Lipinski definition) is 6. The number of nitrogens with zero attached hydrogens (tertiary/aromatic N) is 1. The van der Waals surface area contributed by atoms with Crippen LogP contribution in [0.25, 0.3) is 0 Å². The van der Waals surface area contributed by atoms with Crippen molar-refractivity contribution in [3.63, 3.8) is 0 Å². The van der Waals surface area contributed by atoms with Crippen molar-refractivity contribution in [3.05, 3.63) is 45.4 Å². The maximum Gasteiger partial charge on any atom is 0.350 e. The molecule has 0 aliphatic carbocycles. The Labute approximate surface area is 136 Å². The number of hydrogen-bond donors (Lipinski definition) is 2. The standard InChI is InChI=1S/C14H14ClN3O3S/c1-3-21-13(20)11-8(2)16-14(22-11)18-17-12(19)9-4-6-10(15)7-5-9/h4-7H,3H2,1-2H3,(H,16,18)(H,17,19). The number of nitrogens with one attached hydrogen (secondary N) is 2. The van der Waals surface area contributed by atoms with Gasteiger partial charge in [0.25, 0.3) is 5.91 Å². The van der Waals surface area contributed by atoms with Crippen LogP contribution >= 0.6 is 22.9 Å². The van der Waals surface area contributed by atoms with Crippen LogP contribution in [0.5, 0.6) is 0 Å². The smallest absolute Gasteiger partial charge is 0.350 e. The number of benzene rings is 1. The Kier molecular flexibility index (Phi) is 5.35. The number of rotatable bonds is 5. The van der Waals surface area contributed by atoms with Crippen LogP contribution in [-0.4, -0.2) is 23.5 Å². The Balaban J connectivity index is 2.00. The Morgan fingerprint density at radius 1 is 1.32 bits per heavy atom. The van der Waals surface area contributed by atoms with Crippen LogP contribution in [0, 0.1) is 6.92 Å². The topological polar surface area (TPSA) is 80.3 Å². The lowest BCUT2D eigenvalue weighted by molar-refractivity contribution is 0.0531. The van der Waals surface area contributed by atoms with Crippen molar-refractivity contribution >= 4 is 39.9 Å². The van der Waals surface area contributed by atoms with Crippen molar-refractivity contribution in [1.29, 1.82) is 0 Å². The third-order valence-electron chi connectivity index (χ3n) is 2.65. The van der Waals surface area contributed by atoms with E-state index in [1.807, 2.05) is 0 Å². The van der Waals surface area contributed by atoms with E-state index >= 15 is 0 Å². The lowest BCUT2D eigenvalue weighted by atomic mass is 10.2. The molecule has 2 N–H and O–H groups in total. The highest BCUT2D eigenvalue weighted by molar-refractivity contribution is 7.17. The van der Waals surface area contributed by atoms with Crippen molar-refractivity contribution in [3.8, 4) is 0 Å². The predicted molar refractivity (Wildman–Crippen MR) is 85.3 cm³/mol. The molecule has 8 heteroatoms. The lowest BCUT2D eigenvalue weighted by Gasteiger charge is -2.05. The molecule has 0 bridgehead atoms. The average Bonchev–Trinajstić information content (AvgIpc) is 2.87. The molecular formula is C14H14ClN3O3S. The zero-order valence-electron chi connectivity index (χ0n) is 12.0. The highest BCUT2D eigenvalue weighted by Gasteiger charge is 2.16. The first kappa shape index (κ1) is 16.3. The fourth-order valence-electron chi connectivity index (χ4n) is 1.62. The van der Waals surface area contributed by atoms with E-state index < -0.39 is 5.97 Å². The fourth-order valence-corrected chi connectivity index (χ4v) is 2.56. The van der Waals surface area contributed by atoms with Crippen molar-refractivity contribution in [1.82, 2.24) is 10.4 Å². The van der Waals surface area contributed by atoms with Crippen LogP contribution < -0.4 is 10.9 Å². The normalized spacial score (nSPS) is 10.1. The minimum Gasteiger partial charge on any atom is -0.462 e. The van der Waals surface area contributed by atoms with Crippen molar-refractivity contribution in [2.24, 2.45) is 0 Å². The molecule has 0 saturated carbocycles. The molecule has 0 spiro atoms. The number of hydrazine groups is 1. The van der Waals surface area contributed by atoms with Gasteiger partial charge >= 0.3 is 5.97 Å². The number of carbonyl (C=O) groups excluding carboxylic acids is 2. The van der Waals surface area contributed by atoms with E-state index in [4.69, 9.17) is 16.3 Å². The SMILES string of the molecule is CCOC(=O)c1sc(NNC(=O)c2ccc(Cl)cc2)nc1C. The van der Waals surface area contributed by atoms with Gasteiger partial charge in [-0.25, -0.2) is 9.78 Å². The molecular weight excluding hydrogens is 326 g/mol. The number of ether oxygens (including phenoxy) is 1. The molecule has 0 radical (unpaired) electrons. The minimum absolute atomic E-state index is 0.298. The summed E-state index contributed by atoms with van der Waals surface area (Å²) in [5.74, 6) is -0.753. The molecule has 0 unspecified atom stereocenters. The number of esters is 1. The van der Waals surface area contributed by atoms with E-state index in [0.29, 0.717) is 32.9 Å². The summed E-state index contributed by atoms with van der Waals surface area (Å²) in [5, 5.41) is 0.960. The third kappa shape index (κ3) is 3.96. The third-order valence-corrected chi connectivity index (χ3v) is 3.95. The van der Waals surface area contributed by atoms with E-state index in [1.54, 1.807) is 38.1 Å². The molecule has 0 saturated heterocycles. The molecule has 0 fully saturated rings. The maximum absolute atomic E-state index is 11.9. The zero-order valence-corrected chi connectivity index (χ0v) is 13.5. The van der Waals surface area contributed by atoms with Gasteiger partial charge in [0.1, 0.15) is 4.88 Å². The summed E-state index contributed by atoms with van der Waals surface area (Å²) in [6, 6.07) is 6.47.